The first kappa shape index (κ1) is 11.3. The zero-order valence-corrected chi connectivity index (χ0v) is 9.76. The highest BCUT2D eigenvalue weighted by atomic mass is 32.2. The van der Waals surface area contributed by atoms with Crippen molar-refractivity contribution in [2.75, 3.05) is 18.3 Å². The van der Waals surface area contributed by atoms with E-state index in [1.54, 1.807) is 0 Å². The van der Waals surface area contributed by atoms with Gasteiger partial charge in [0.2, 0.25) is 0 Å². The molecule has 0 aliphatic carbocycles. The average Bonchev–Trinajstić information content (AvgIpc) is 2.18. The van der Waals surface area contributed by atoms with E-state index in [4.69, 9.17) is 0 Å². The molecule has 1 nitrogen and oxygen atoms in total. The second-order valence-corrected chi connectivity index (χ2v) is 6.30. The lowest BCUT2D eigenvalue weighted by molar-refractivity contribution is 0.0982. The van der Waals surface area contributed by atoms with Gasteiger partial charge in [-0.1, -0.05) is 30.3 Å². The molecular formula is C12H18OS. The lowest BCUT2D eigenvalue weighted by atomic mass is 10.1. The number of benzene rings is 1. The van der Waals surface area contributed by atoms with Crippen LogP contribution in [0.5, 0.6) is 0 Å². The zero-order chi connectivity index (χ0) is 10.4. The minimum atomic E-state index is 0.148. The van der Waals surface area contributed by atoms with E-state index in [1.165, 1.54) is 5.75 Å². The molecule has 0 bridgehead atoms. The summed E-state index contributed by atoms with van der Waals surface area (Å²) in [6.45, 7) is 0. The van der Waals surface area contributed by atoms with Crippen LogP contribution in [-0.4, -0.2) is 24.0 Å². The normalized spacial score (nSPS) is 11.1. The molecule has 0 fully saturated rings. The first-order valence-corrected chi connectivity index (χ1v) is 7.35. The van der Waals surface area contributed by atoms with Crippen molar-refractivity contribution in [1.82, 2.24) is 0 Å². The summed E-state index contributed by atoms with van der Waals surface area (Å²) in [7, 11) is 0.148. The van der Waals surface area contributed by atoms with Crippen molar-refractivity contribution in [3.8, 4) is 0 Å². The van der Waals surface area contributed by atoms with E-state index in [0.717, 1.165) is 12.0 Å². The minimum absolute atomic E-state index is 0.148. The fraction of sp³-hybridized carbons (Fsp3) is 0.417. The summed E-state index contributed by atoms with van der Waals surface area (Å²) in [5, 5.41) is 0. The fourth-order valence-corrected chi connectivity index (χ4v) is 2.11. The van der Waals surface area contributed by atoms with Crippen molar-refractivity contribution < 1.29 is 4.79 Å². The first-order valence-electron chi connectivity index (χ1n) is 4.93. The van der Waals surface area contributed by atoms with Gasteiger partial charge in [0.1, 0.15) is 0 Å². The number of ketones is 1. The van der Waals surface area contributed by atoms with Gasteiger partial charge >= 0.3 is 0 Å². The third-order valence-electron chi connectivity index (χ3n) is 2.10. The molecular weight excluding hydrogens is 192 g/mol. The Morgan fingerprint density at radius 3 is 2.43 bits per heavy atom. The number of carbonyl (C=O) groups excluding carboxylic acids is 1. The Labute approximate surface area is 88.9 Å². The smallest absolute Gasteiger partial charge is 0.162 e. The number of rotatable bonds is 5. The minimum Gasteiger partial charge on any atom is -0.294 e. The van der Waals surface area contributed by atoms with Crippen molar-refractivity contribution in [1.29, 1.82) is 0 Å². The maximum atomic E-state index is 11.6. The Bertz CT molecular complexity index is 280. The third-order valence-corrected chi connectivity index (χ3v) is 3.32. The van der Waals surface area contributed by atoms with Gasteiger partial charge < -0.3 is 0 Å². The predicted molar refractivity (Wildman–Crippen MR) is 65.7 cm³/mol. The number of hydrogen-bond acceptors (Lipinski definition) is 1. The highest BCUT2D eigenvalue weighted by molar-refractivity contribution is 8.15. The van der Waals surface area contributed by atoms with E-state index < -0.39 is 0 Å². The highest BCUT2D eigenvalue weighted by Crippen LogP contribution is 2.16. The van der Waals surface area contributed by atoms with Gasteiger partial charge in [0, 0.05) is 12.0 Å². The molecule has 14 heavy (non-hydrogen) atoms. The Balaban J connectivity index is 2.36. The van der Waals surface area contributed by atoms with Gasteiger partial charge in [-0.25, -0.2) is 0 Å². The van der Waals surface area contributed by atoms with Gasteiger partial charge in [0.05, 0.1) is 0 Å². The predicted octanol–water partition coefficient (Wildman–Crippen LogP) is 2.91. The molecule has 0 atom stereocenters. The van der Waals surface area contributed by atoms with Gasteiger partial charge in [0.15, 0.2) is 5.78 Å². The molecule has 0 aliphatic rings. The maximum Gasteiger partial charge on any atom is 0.162 e. The van der Waals surface area contributed by atoms with E-state index in [9.17, 15) is 4.79 Å². The summed E-state index contributed by atoms with van der Waals surface area (Å²) in [4.78, 5) is 11.6. The lowest BCUT2D eigenvalue weighted by Gasteiger charge is -2.07. The van der Waals surface area contributed by atoms with E-state index in [1.807, 2.05) is 30.3 Å². The van der Waals surface area contributed by atoms with Gasteiger partial charge in [-0.3, -0.25) is 15.7 Å². The number of Topliss-reactive ketones (excluding diaryl/α,β-unsaturated/α-hetero) is 1. The summed E-state index contributed by atoms with van der Waals surface area (Å²) in [6.07, 6.45) is 6.24. The lowest BCUT2D eigenvalue weighted by Crippen LogP contribution is -1.99. The second kappa shape index (κ2) is 5.86. The largest absolute Gasteiger partial charge is 0.294 e. The molecule has 0 N–H and O–H groups in total. The molecule has 1 aromatic rings. The van der Waals surface area contributed by atoms with Gasteiger partial charge in [-0.2, -0.15) is 0 Å². The second-order valence-electron chi connectivity index (χ2n) is 3.70. The first-order chi connectivity index (χ1) is 6.70. The van der Waals surface area contributed by atoms with Crippen LogP contribution < -0.4 is 0 Å². The monoisotopic (exact) mass is 210 g/mol. The topological polar surface area (TPSA) is 17.1 Å². The van der Waals surface area contributed by atoms with Gasteiger partial charge in [-0.15, -0.1) is 0 Å². The number of hydrogen-bond donors (Lipinski definition) is 1. The Hall–Kier alpha value is -0.760. The SMILES string of the molecule is C[SH](C)CCCC(=O)c1ccccc1. The van der Waals surface area contributed by atoms with Crippen LogP contribution in [-0.2, 0) is 0 Å². The molecule has 2 heteroatoms. The molecule has 0 amide bonds. The molecule has 0 spiro atoms. The van der Waals surface area contributed by atoms with Crippen LogP contribution in [0.2, 0.25) is 0 Å². The Morgan fingerprint density at radius 1 is 1.21 bits per heavy atom. The van der Waals surface area contributed by atoms with Crippen LogP contribution >= 0.6 is 10.9 Å². The maximum absolute atomic E-state index is 11.6. The molecule has 0 saturated carbocycles. The summed E-state index contributed by atoms with van der Waals surface area (Å²) in [5.74, 6) is 1.48. The van der Waals surface area contributed by atoms with Crippen LogP contribution in [0.1, 0.15) is 23.2 Å². The quantitative estimate of drug-likeness (QED) is 0.584. The molecule has 0 heterocycles. The molecule has 0 aliphatic heterocycles. The van der Waals surface area contributed by atoms with E-state index in [0.29, 0.717) is 6.42 Å². The average molecular weight is 210 g/mol. The van der Waals surface area contributed by atoms with Crippen molar-refractivity contribution in [2.45, 2.75) is 12.8 Å². The van der Waals surface area contributed by atoms with E-state index in [2.05, 4.69) is 12.5 Å². The van der Waals surface area contributed by atoms with Crippen LogP contribution in [0, 0.1) is 0 Å². The summed E-state index contributed by atoms with van der Waals surface area (Å²) < 4.78 is 0. The molecule has 1 aromatic carbocycles. The zero-order valence-electron chi connectivity index (χ0n) is 8.86. The number of carbonyl (C=O) groups is 1. The highest BCUT2D eigenvalue weighted by Gasteiger charge is 2.03. The van der Waals surface area contributed by atoms with Crippen molar-refractivity contribution in [2.24, 2.45) is 0 Å². The van der Waals surface area contributed by atoms with Crippen molar-refractivity contribution in [3.05, 3.63) is 35.9 Å². The van der Waals surface area contributed by atoms with Crippen molar-refractivity contribution in [3.63, 3.8) is 0 Å². The van der Waals surface area contributed by atoms with Crippen molar-refractivity contribution >= 4 is 16.7 Å². The molecule has 0 radical (unpaired) electrons. The summed E-state index contributed by atoms with van der Waals surface area (Å²) in [6, 6.07) is 9.56. The Kier molecular flexibility index (Phi) is 4.74. The van der Waals surface area contributed by atoms with E-state index in [-0.39, 0.29) is 16.7 Å². The third kappa shape index (κ3) is 3.97. The molecule has 0 saturated heterocycles. The van der Waals surface area contributed by atoms with E-state index >= 15 is 0 Å². The Morgan fingerprint density at radius 2 is 1.86 bits per heavy atom. The van der Waals surface area contributed by atoms with Crippen LogP contribution in [0.15, 0.2) is 30.3 Å². The van der Waals surface area contributed by atoms with Gasteiger partial charge in [0.25, 0.3) is 0 Å². The molecule has 1 rings (SSSR count). The standard InChI is InChI=1S/C12H18OS/c1-14(2)10-6-9-12(13)11-7-4-3-5-8-11/h3-5,7-8,14H,6,9-10H2,1-2H3. The summed E-state index contributed by atoms with van der Waals surface area (Å²) >= 11 is 0. The fourth-order valence-electron chi connectivity index (χ4n) is 1.32. The van der Waals surface area contributed by atoms with Crippen LogP contribution in [0.25, 0.3) is 0 Å². The molecule has 0 aromatic heterocycles. The molecule has 78 valence electrons. The van der Waals surface area contributed by atoms with Crippen LogP contribution in [0.4, 0.5) is 0 Å². The van der Waals surface area contributed by atoms with Gasteiger partial charge in [-0.05, 0) is 24.7 Å². The number of thiol groups is 1. The van der Waals surface area contributed by atoms with Crippen LogP contribution in [0.3, 0.4) is 0 Å². The summed E-state index contributed by atoms with van der Waals surface area (Å²) in [5.41, 5.74) is 0.851. The molecule has 0 unspecified atom stereocenters.